The molecule has 148 valence electrons. The van der Waals surface area contributed by atoms with Crippen LogP contribution >= 0.6 is 0 Å². The second kappa shape index (κ2) is 9.09. The van der Waals surface area contributed by atoms with E-state index in [0.29, 0.717) is 36.6 Å². The second-order valence-electron chi connectivity index (χ2n) is 6.84. The smallest absolute Gasteiger partial charge is 0.243 e. The fourth-order valence-electron chi connectivity index (χ4n) is 3.31. The lowest BCUT2D eigenvalue weighted by Crippen LogP contribution is -2.32. The molecule has 2 aromatic rings. The molecule has 1 saturated heterocycles. The molecule has 3 rings (SSSR count). The number of hydrogen-bond acceptors (Lipinski definition) is 5. The molecule has 0 aromatic heterocycles. The number of sulfonamides is 1. The first-order valence-electron chi connectivity index (χ1n) is 9.45. The fraction of sp³-hybridized carbons (Fsp3) is 0.381. The van der Waals surface area contributed by atoms with Gasteiger partial charge in [0.1, 0.15) is 5.75 Å². The van der Waals surface area contributed by atoms with Gasteiger partial charge in [-0.3, -0.25) is 0 Å². The van der Waals surface area contributed by atoms with Crippen molar-refractivity contribution in [3.8, 4) is 11.8 Å². The normalized spacial score (nSPS) is 15.4. The van der Waals surface area contributed by atoms with Crippen molar-refractivity contribution in [2.75, 3.05) is 25.5 Å². The zero-order valence-corrected chi connectivity index (χ0v) is 16.8. The topological polar surface area (TPSA) is 82.4 Å². The maximum atomic E-state index is 13.1. The van der Waals surface area contributed by atoms with Gasteiger partial charge in [0.05, 0.1) is 29.3 Å². The van der Waals surface area contributed by atoms with E-state index in [1.54, 1.807) is 41.7 Å². The predicted octanol–water partition coefficient (Wildman–Crippen LogP) is 3.74. The van der Waals surface area contributed by atoms with Crippen LogP contribution in [-0.2, 0) is 16.6 Å². The Morgan fingerprint density at radius 3 is 2.36 bits per heavy atom. The Kier molecular flexibility index (Phi) is 6.55. The minimum Gasteiger partial charge on any atom is -0.495 e. The molecule has 0 aliphatic carbocycles. The number of rotatable bonds is 6. The number of nitrogens with one attached hydrogen (secondary N) is 1. The van der Waals surface area contributed by atoms with Crippen molar-refractivity contribution < 1.29 is 13.2 Å². The lowest BCUT2D eigenvalue weighted by atomic mass is 10.1. The molecule has 1 heterocycles. The van der Waals surface area contributed by atoms with Crippen LogP contribution in [0.5, 0.6) is 5.75 Å². The highest BCUT2D eigenvalue weighted by molar-refractivity contribution is 7.89. The van der Waals surface area contributed by atoms with Crippen LogP contribution in [0.4, 0.5) is 5.69 Å². The largest absolute Gasteiger partial charge is 0.495 e. The van der Waals surface area contributed by atoms with Gasteiger partial charge in [-0.1, -0.05) is 25.0 Å². The highest BCUT2D eigenvalue weighted by Gasteiger charge is 2.26. The lowest BCUT2D eigenvalue weighted by molar-refractivity contribution is 0.414. The van der Waals surface area contributed by atoms with E-state index in [9.17, 15) is 8.42 Å². The zero-order valence-electron chi connectivity index (χ0n) is 16.0. The molecule has 1 N–H and O–H groups in total. The third-order valence-corrected chi connectivity index (χ3v) is 6.83. The molecule has 0 amide bonds. The Labute approximate surface area is 166 Å². The number of hydrogen-bond donors (Lipinski definition) is 1. The number of ether oxygens (including phenoxy) is 1. The molecule has 0 spiro atoms. The summed E-state index contributed by atoms with van der Waals surface area (Å²) >= 11 is 0. The monoisotopic (exact) mass is 399 g/mol. The number of methoxy groups -OCH3 is 1. The summed E-state index contributed by atoms with van der Waals surface area (Å²) in [5, 5.41) is 12.1. The molecule has 1 fully saturated rings. The first-order chi connectivity index (χ1) is 13.5. The van der Waals surface area contributed by atoms with Crippen LogP contribution in [0.1, 0.15) is 36.8 Å². The Morgan fingerprint density at radius 2 is 1.75 bits per heavy atom. The molecule has 1 aliphatic rings. The molecule has 0 radical (unpaired) electrons. The van der Waals surface area contributed by atoms with Gasteiger partial charge in [0.15, 0.2) is 0 Å². The molecule has 7 heteroatoms. The van der Waals surface area contributed by atoms with Crippen molar-refractivity contribution in [2.45, 2.75) is 37.1 Å². The quantitative estimate of drug-likeness (QED) is 0.800. The van der Waals surface area contributed by atoms with E-state index in [1.165, 1.54) is 0 Å². The van der Waals surface area contributed by atoms with Gasteiger partial charge in [-0.15, -0.1) is 0 Å². The van der Waals surface area contributed by atoms with E-state index in [2.05, 4.69) is 11.4 Å². The molecular formula is C21H25N3O3S. The van der Waals surface area contributed by atoms with Crippen LogP contribution in [0, 0.1) is 11.3 Å². The van der Waals surface area contributed by atoms with E-state index in [4.69, 9.17) is 10.00 Å². The van der Waals surface area contributed by atoms with Gasteiger partial charge >= 0.3 is 0 Å². The van der Waals surface area contributed by atoms with Crippen molar-refractivity contribution in [1.29, 1.82) is 5.26 Å². The van der Waals surface area contributed by atoms with Crippen molar-refractivity contribution in [3.63, 3.8) is 0 Å². The van der Waals surface area contributed by atoms with Gasteiger partial charge in [0.25, 0.3) is 0 Å². The highest BCUT2D eigenvalue weighted by Crippen LogP contribution is 2.30. The number of nitrogens with zero attached hydrogens (tertiary/aromatic N) is 2. The molecule has 2 aromatic carbocycles. The molecule has 28 heavy (non-hydrogen) atoms. The van der Waals surface area contributed by atoms with Gasteiger partial charge in [0.2, 0.25) is 10.0 Å². The van der Waals surface area contributed by atoms with Gasteiger partial charge in [-0.25, -0.2) is 8.42 Å². The van der Waals surface area contributed by atoms with Gasteiger partial charge < -0.3 is 10.1 Å². The van der Waals surface area contributed by atoms with Crippen molar-refractivity contribution in [1.82, 2.24) is 4.31 Å². The number of benzene rings is 2. The zero-order chi connectivity index (χ0) is 20.0. The third kappa shape index (κ3) is 4.64. The van der Waals surface area contributed by atoms with E-state index >= 15 is 0 Å². The maximum Gasteiger partial charge on any atom is 0.243 e. The van der Waals surface area contributed by atoms with Gasteiger partial charge in [0, 0.05) is 19.6 Å². The minimum atomic E-state index is -3.52. The molecule has 0 saturated carbocycles. The first kappa shape index (κ1) is 20.2. The summed E-state index contributed by atoms with van der Waals surface area (Å²) in [5.74, 6) is 0.587. The number of nitriles is 1. The molecule has 0 unspecified atom stereocenters. The third-order valence-electron chi connectivity index (χ3n) is 4.94. The Hall–Kier alpha value is -2.56. The summed E-state index contributed by atoms with van der Waals surface area (Å²) in [5.41, 5.74) is 2.22. The SMILES string of the molecule is COc1ccc(S(=O)(=O)N2CCCCCC2)cc1NCc1ccc(C#N)cc1. The summed E-state index contributed by atoms with van der Waals surface area (Å²) in [4.78, 5) is 0.275. The summed E-state index contributed by atoms with van der Waals surface area (Å²) in [6.07, 6.45) is 3.95. The van der Waals surface area contributed by atoms with Crippen LogP contribution in [-0.4, -0.2) is 32.9 Å². The predicted molar refractivity (Wildman–Crippen MR) is 109 cm³/mol. The summed E-state index contributed by atoms with van der Waals surface area (Å²) in [6.45, 7) is 1.64. The Bertz CT molecular complexity index is 942. The van der Waals surface area contributed by atoms with E-state index in [0.717, 1.165) is 31.2 Å². The van der Waals surface area contributed by atoms with E-state index in [1.807, 2.05) is 12.1 Å². The Balaban J connectivity index is 1.81. The second-order valence-corrected chi connectivity index (χ2v) is 8.78. The van der Waals surface area contributed by atoms with E-state index in [-0.39, 0.29) is 4.90 Å². The van der Waals surface area contributed by atoms with E-state index < -0.39 is 10.0 Å². The minimum absolute atomic E-state index is 0.275. The van der Waals surface area contributed by atoms with Crippen LogP contribution in [0.3, 0.4) is 0 Å². The fourth-order valence-corrected chi connectivity index (χ4v) is 4.86. The number of anilines is 1. The average molecular weight is 400 g/mol. The molecule has 1 aliphatic heterocycles. The van der Waals surface area contributed by atoms with Gasteiger partial charge in [-0.05, 0) is 48.7 Å². The summed E-state index contributed by atoms with van der Waals surface area (Å²) in [7, 11) is -1.96. The van der Waals surface area contributed by atoms with Crippen LogP contribution in [0.2, 0.25) is 0 Å². The van der Waals surface area contributed by atoms with Crippen molar-refractivity contribution in [2.24, 2.45) is 0 Å². The standard InChI is InChI=1S/C21H25N3O3S/c1-27-21-11-10-19(28(25,26)24-12-4-2-3-5-13-24)14-20(21)23-16-18-8-6-17(15-22)7-9-18/h6-11,14,23H,2-5,12-13,16H2,1H3. The van der Waals surface area contributed by atoms with Gasteiger partial charge in [-0.2, -0.15) is 9.57 Å². The van der Waals surface area contributed by atoms with Crippen molar-refractivity contribution in [3.05, 3.63) is 53.6 Å². The summed E-state index contributed by atoms with van der Waals surface area (Å²) < 4.78 is 33.1. The molecule has 0 bridgehead atoms. The molecule has 6 nitrogen and oxygen atoms in total. The highest BCUT2D eigenvalue weighted by atomic mass is 32.2. The lowest BCUT2D eigenvalue weighted by Gasteiger charge is -2.21. The van der Waals surface area contributed by atoms with Crippen LogP contribution < -0.4 is 10.1 Å². The van der Waals surface area contributed by atoms with Crippen LogP contribution in [0.15, 0.2) is 47.4 Å². The van der Waals surface area contributed by atoms with Crippen molar-refractivity contribution >= 4 is 15.7 Å². The Morgan fingerprint density at radius 1 is 1.07 bits per heavy atom. The molecular weight excluding hydrogens is 374 g/mol. The summed E-state index contributed by atoms with van der Waals surface area (Å²) in [6, 6.07) is 14.3. The van der Waals surface area contributed by atoms with Crippen LogP contribution in [0.25, 0.3) is 0 Å². The molecule has 0 atom stereocenters. The maximum absolute atomic E-state index is 13.1. The first-order valence-corrected chi connectivity index (χ1v) is 10.9. The average Bonchev–Trinajstić information content (AvgIpc) is 3.02.